The van der Waals surface area contributed by atoms with E-state index in [1.165, 1.54) is 225 Å². The van der Waals surface area contributed by atoms with Gasteiger partial charge in [0.2, 0.25) is 0 Å². The molecule has 2 unspecified atom stereocenters. The number of unbranched alkanes of at least 4 members (excludes halogenated alkanes) is 21. The van der Waals surface area contributed by atoms with Crippen molar-refractivity contribution in [3.8, 4) is 0 Å². The van der Waals surface area contributed by atoms with Crippen molar-refractivity contribution in [2.24, 2.45) is 5.92 Å². The van der Waals surface area contributed by atoms with Crippen LogP contribution in [0.1, 0.15) is 273 Å². The molecule has 55 heavy (non-hydrogen) atoms. The van der Waals surface area contributed by atoms with Crippen molar-refractivity contribution in [3.05, 3.63) is 69.8 Å². The topological polar surface area (TPSA) is 0 Å². The molecule has 0 saturated carbocycles. The lowest BCUT2D eigenvalue weighted by molar-refractivity contribution is 0.372. The maximum Gasteiger partial charge on any atom is -0.0159 e. The highest BCUT2D eigenvalue weighted by atomic mass is 14.3. The van der Waals surface area contributed by atoms with Crippen LogP contribution in [0.2, 0.25) is 0 Å². The third kappa shape index (κ3) is 23.4. The van der Waals surface area contributed by atoms with Gasteiger partial charge in [0.1, 0.15) is 0 Å². The molecule has 0 amide bonds. The van der Waals surface area contributed by atoms with E-state index in [1.54, 1.807) is 33.4 Å². The molecule has 316 valence electrons. The van der Waals surface area contributed by atoms with Gasteiger partial charge in [-0.25, -0.2) is 0 Å². The molecule has 0 aliphatic rings. The van der Waals surface area contributed by atoms with Crippen molar-refractivity contribution in [1.29, 1.82) is 0 Å². The summed E-state index contributed by atoms with van der Waals surface area (Å²) >= 11 is 0. The summed E-state index contributed by atoms with van der Waals surface area (Å²) in [7, 11) is 0. The SMILES string of the molecule is CCCCCCCCCCCCCCCCCCCCCCC(CC(CCCCC)Cc1ccc(CCC)c(CCC)c1)c1ccc(CCC)c(CCC)c1. The fraction of sp³-hybridized carbons (Fsp3) is 0.782. The van der Waals surface area contributed by atoms with Crippen LogP contribution in [0, 0.1) is 5.92 Å². The summed E-state index contributed by atoms with van der Waals surface area (Å²) < 4.78 is 0. The van der Waals surface area contributed by atoms with Gasteiger partial charge in [-0.05, 0) is 90.2 Å². The molecule has 0 fully saturated rings. The van der Waals surface area contributed by atoms with Crippen LogP contribution >= 0.6 is 0 Å². The Balaban J connectivity index is 1.89. The lowest BCUT2D eigenvalue weighted by Gasteiger charge is -2.26. The van der Waals surface area contributed by atoms with Crippen molar-refractivity contribution in [1.82, 2.24) is 0 Å². The molecule has 2 rings (SSSR count). The number of hydrogen-bond acceptors (Lipinski definition) is 0. The summed E-state index contributed by atoms with van der Waals surface area (Å²) in [5.41, 5.74) is 9.75. The maximum absolute atomic E-state index is 2.68. The first-order valence-electron chi connectivity index (χ1n) is 25.3. The minimum atomic E-state index is 0.697. The summed E-state index contributed by atoms with van der Waals surface area (Å²) in [5.74, 6) is 1.47. The van der Waals surface area contributed by atoms with Gasteiger partial charge in [0.15, 0.2) is 0 Å². The minimum absolute atomic E-state index is 0.697. The summed E-state index contributed by atoms with van der Waals surface area (Å²) in [5, 5.41) is 0. The quantitative estimate of drug-likeness (QED) is 0.0599. The molecule has 0 saturated heterocycles. The van der Waals surface area contributed by atoms with Gasteiger partial charge in [-0.2, -0.15) is 0 Å². The second-order valence-corrected chi connectivity index (χ2v) is 18.1. The number of hydrogen-bond donors (Lipinski definition) is 0. The fourth-order valence-corrected chi connectivity index (χ4v) is 9.53. The Kier molecular flexibility index (Phi) is 31.1. The van der Waals surface area contributed by atoms with E-state index in [1.807, 2.05) is 0 Å². The lowest BCUT2D eigenvalue weighted by Crippen LogP contribution is -2.13. The van der Waals surface area contributed by atoms with Crippen LogP contribution in [0.15, 0.2) is 36.4 Å². The van der Waals surface area contributed by atoms with Crippen molar-refractivity contribution in [2.45, 2.75) is 272 Å². The first-order chi connectivity index (χ1) is 27.1. The highest BCUT2D eigenvalue weighted by Crippen LogP contribution is 2.35. The Morgan fingerprint density at radius 1 is 0.345 bits per heavy atom. The van der Waals surface area contributed by atoms with E-state index < -0.39 is 0 Å². The highest BCUT2D eigenvalue weighted by molar-refractivity contribution is 5.35. The summed E-state index contributed by atoms with van der Waals surface area (Å²) in [6.45, 7) is 14.1. The zero-order valence-corrected chi connectivity index (χ0v) is 38.4. The number of rotatable bonds is 38. The average Bonchev–Trinajstić information content (AvgIpc) is 3.18. The molecule has 0 nitrogen and oxygen atoms in total. The van der Waals surface area contributed by atoms with Gasteiger partial charge in [-0.1, -0.05) is 258 Å². The first kappa shape index (κ1) is 49.6. The molecule has 0 heterocycles. The van der Waals surface area contributed by atoms with Crippen molar-refractivity contribution in [3.63, 3.8) is 0 Å². The predicted octanol–water partition coefficient (Wildman–Crippen LogP) is 18.6. The lowest BCUT2D eigenvalue weighted by atomic mass is 9.79. The van der Waals surface area contributed by atoms with Crippen LogP contribution in [0.5, 0.6) is 0 Å². The Morgan fingerprint density at radius 2 is 0.727 bits per heavy atom. The van der Waals surface area contributed by atoms with E-state index in [0.717, 1.165) is 5.92 Å². The van der Waals surface area contributed by atoms with Crippen molar-refractivity contribution < 1.29 is 0 Å². The van der Waals surface area contributed by atoms with Gasteiger partial charge in [0.05, 0.1) is 0 Å². The van der Waals surface area contributed by atoms with Crippen LogP contribution in [0.4, 0.5) is 0 Å². The van der Waals surface area contributed by atoms with Crippen LogP contribution in [-0.4, -0.2) is 0 Å². The largest absolute Gasteiger partial charge is 0.0654 e. The zero-order chi connectivity index (χ0) is 39.6. The summed E-state index contributed by atoms with van der Waals surface area (Å²) in [6, 6.07) is 15.4. The highest BCUT2D eigenvalue weighted by Gasteiger charge is 2.20. The van der Waals surface area contributed by atoms with Gasteiger partial charge >= 0.3 is 0 Å². The standard InChI is InChI=1S/C55H96/c1-7-13-15-16-17-18-19-20-21-22-23-24-25-26-27-28-29-30-31-33-39-54(55-43-42-51(35-10-4)53(47-55)37-12-6)45-48(38-32-14-8-2)44-49-40-41-50(34-9-3)52(46-49)36-11-5/h40-43,46-48,54H,7-39,44-45H2,1-6H3. The zero-order valence-electron chi connectivity index (χ0n) is 38.4. The second kappa shape index (κ2) is 34.5. The monoisotopic (exact) mass is 757 g/mol. The van der Waals surface area contributed by atoms with Gasteiger partial charge in [-0.3, -0.25) is 0 Å². The van der Waals surface area contributed by atoms with Gasteiger partial charge < -0.3 is 0 Å². The van der Waals surface area contributed by atoms with E-state index in [-0.39, 0.29) is 0 Å². The smallest absolute Gasteiger partial charge is 0.0159 e. The molecule has 0 heteroatoms. The Hall–Kier alpha value is -1.56. The third-order valence-corrected chi connectivity index (χ3v) is 12.8. The van der Waals surface area contributed by atoms with Crippen molar-refractivity contribution >= 4 is 0 Å². The Bertz CT molecular complexity index is 1140. The van der Waals surface area contributed by atoms with E-state index in [4.69, 9.17) is 0 Å². The Labute approximate surface area is 346 Å². The molecule has 0 N–H and O–H groups in total. The third-order valence-electron chi connectivity index (χ3n) is 12.8. The molecule has 0 spiro atoms. The number of benzene rings is 2. The van der Waals surface area contributed by atoms with Crippen LogP contribution in [0.25, 0.3) is 0 Å². The average molecular weight is 757 g/mol. The molecule has 0 aliphatic heterocycles. The van der Waals surface area contributed by atoms with E-state index in [0.29, 0.717) is 5.92 Å². The molecule has 0 aromatic heterocycles. The normalized spacial score (nSPS) is 12.8. The molecule has 0 bridgehead atoms. The van der Waals surface area contributed by atoms with Gasteiger partial charge in [-0.15, -0.1) is 0 Å². The molecular weight excluding hydrogens is 661 g/mol. The van der Waals surface area contributed by atoms with Crippen LogP contribution in [-0.2, 0) is 32.1 Å². The second-order valence-electron chi connectivity index (χ2n) is 18.1. The van der Waals surface area contributed by atoms with E-state index >= 15 is 0 Å². The van der Waals surface area contributed by atoms with Crippen molar-refractivity contribution in [2.75, 3.05) is 0 Å². The van der Waals surface area contributed by atoms with Crippen LogP contribution < -0.4 is 0 Å². The van der Waals surface area contributed by atoms with E-state index in [9.17, 15) is 0 Å². The number of aryl methyl sites for hydroxylation is 4. The molecule has 2 aromatic carbocycles. The molecule has 2 aromatic rings. The fourth-order valence-electron chi connectivity index (χ4n) is 9.53. The summed E-state index contributed by atoms with van der Waals surface area (Å²) in [4.78, 5) is 0. The molecule has 0 aliphatic carbocycles. The first-order valence-corrected chi connectivity index (χ1v) is 25.3. The predicted molar refractivity (Wildman–Crippen MR) is 250 cm³/mol. The molecule has 0 radical (unpaired) electrons. The van der Waals surface area contributed by atoms with Crippen LogP contribution in [0.3, 0.4) is 0 Å². The van der Waals surface area contributed by atoms with Gasteiger partial charge in [0, 0.05) is 0 Å². The molecular formula is C55H96. The van der Waals surface area contributed by atoms with Gasteiger partial charge in [0.25, 0.3) is 0 Å². The Morgan fingerprint density at radius 3 is 1.20 bits per heavy atom. The summed E-state index contributed by atoms with van der Waals surface area (Å²) in [6.07, 6.45) is 48.5. The minimum Gasteiger partial charge on any atom is -0.0654 e. The maximum atomic E-state index is 2.68. The molecule has 2 atom stereocenters. The van der Waals surface area contributed by atoms with E-state index in [2.05, 4.69) is 77.9 Å².